The van der Waals surface area contributed by atoms with Gasteiger partial charge in [0.2, 0.25) is 0 Å². The van der Waals surface area contributed by atoms with Gasteiger partial charge in [-0.25, -0.2) is 14.7 Å². The van der Waals surface area contributed by atoms with Gasteiger partial charge in [0, 0.05) is 5.92 Å². The summed E-state index contributed by atoms with van der Waals surface area (Å²) < 4.78 is 27.1. The summed E-state index contributed by atoms with van der Waals surface area (Å²) in [6, 6.07) is 7.19. The number of hydrogen-bond acceptors (Lipinski definition) is 6. The molecule has 0 bridgehead atoms. The second kappa shape index (κ2) is 7.44. The van der Waals surface area contributed by atoms with E-state index in [2.05, 4.69) is 28.5 Å². The highest BCUT2D eigenvalue weighted by Gasteiger charge is 2.36. The van der Waals surface area contributed by atoms with Crippen LogP contribution in [0.5, 0.6) is 0 Å². The third kappa shape index (κ3) is 4.06. The van der Waals surface area contributed by atoms with Crippen molar-refractivity contribution in [3.05, 3.63) is 46.7 Å². The molecule has 1 fully saturated rings. The van der Waals surface area contributed by atoms with Crippen LogP contribution in [-0.2, 0) is 10.0 Å². The highest BCUT2D eigenvalue weighted by molar-refractivity contribution is 7.90. The van der Waals surface area contributed by atoms with Crippen LogP contribution in [0.1, 0.15) is 48.7 Å². The summed E-state index contributed by atoms with van der Waals surface area (Å²) in [6.07, 6.45) is 2.04. The first-order valence-electron chi connectivity index (χ1n) is 8.65. The Morgan fingerprint density at radius 1 is 1.15 bits per heavy atom. The summed E-state index contributed by atoms with van der Waals surface area (Å²) in [7, 11) is -4.16. The number of sulfonamides is 1. The Balaban J connectivity index is 1.96. The fourth-order valence-electron chi connectivity index (χ4n) is 3.69. The lowest BCUT2D eigenvalue weighted by molar-refractivity contribution is 0.0979. The molecule has 0 saturated heterocycles. The third-order valence-electron chi connectivity index (χ3n) is 5.00. The van der Waals surface area contributed by atoms with Gasteiger partial charge in [-0.05, 0) is 48.9 Å². The zero-order chi connectivity index (χ0) is 19.8. The van der Waals surface area contributed by atoms with Crippen LogP contribution in [0.2, 0.25) is 5.15 Å². The van der Waals surface area contributed by atoms with Crippen molar-refractivity contribution in [3.63, 3.8) is 0 Å². The summed E-state index contributed by atoms with van der Waals surface area (Å²) in [6.45, 7) is 4.21. The Labute approximate surface area is 163 Å². The average Bonchev–Trinajstić information content (AvgIpc) is 2.92. The molecular formula is C18H21ClN4O3S. The van der Waals surface area contributed by atoms with Crippen molar-refractivity contribution in [1.82, 2.24) is 14.7 Å². The molecule has 0 aromatic carbocycles. The van der Waals surface area contributed by atoms with Crippen LogP contribution in [0.3, 0.4) is 0 Å². The van der Waals surface area contributed by atoms with E-state index in [-0.39, 0.29) is 27.5 Å². The highest BCUT2D eigenvalue weighted by atomic mass is 35.5. The number of anilines is 1. The molecule has 1 aliphatic rings. The second-order valence-electron chi connectivity index (χ2n) is 6.96. The monoisotopic (exact) mass is 408 g/mol. The Morgan fingerprint density at radius 2 is 1.81 bits per heavy atom. The summed E-state index contributed by atoms with van der Waals surface area (Å²) in [5.74, 6) is -0.0236. The van der Waals surface area contributed by atoms with Crippen LogP contribution in [0, 0.1) is 11.8 Å². The van der Waals surface area contributed by atoms with Gasteiger partial charge in [-0.15, -0.1) is 0 Å². The smallest absolute Gasteiger partial charge is 0.281 e. The lowest BCUT2D eigenvalue weighted by Gasteiger charge is -2.22. The van der Waals surface area contributed by atoms with Crippen molar-refractivity contribution in [3.8, 4) is 0 Å². The van der Waals surface area contributed by atoms with Gasteiger partial charge in [0.05, 0.1) is 11.3 Å². The van der Waals surface area contributed by atoms with E-state index >= 15 is 0 Å². The predicted molar refractivity (Wildman–Crippen MR) is 103 cm³/mol. The number of nitrogens with zero attached hydrogens (tertiary/aromatic N) is 2. The quantitative estimate of drug-likeness (QED) is 0.751. The number of hydrogen-bond donors (Lipinski definition) is 2. The number of amides is 1. The number of rotatable bonds is 4. The van der Waals surface area contributed by atoms with Gasteiger partial charge < -0.3 is 5.73 Å². The van der Waals surface area contributed by atoms with Crippen LogP contribution in [-0.4, -0.2) is 24.3 Å². The standard InChI is InChI=1S/C18H21ClN4O3S/c1-10-6-7-11(2)16(10)17-12(8-9-13(19)21-17)18(24)23-27(25,26)15-5-3-4-14(20)22-15/h3-5,8-11,16H,6-7H2,1-2H3,(H2,20,22)(H,23,24)/t10-,11+,16?. The van der Waals surface area contributed by atoms with Gasteiger partial charge in [-0.1, -0.05) is 31.5 Å². The van der Waals surface area contributed by atoms with E-state index in [1.807, 2.05) is 0 Å². The Bertz CT molecular complexity index is 970. The maximum atomic E-state index is 12.8. The molecule has 1 unspecified atom stereocenters. The van der Waals surface area contributed by atoms with E-state index in [0.29, 0.717) is 17.5 Å². The van der Waals surface area contributed by atoms with Gasteiger partial charge in [0.25, 0.3) is 15.9 Å². The Morgan fingerprint density at radius 3 is 2.44 bits per heavy atom. The lowest BCUT2D eigenvalue weighted by Crippen LogP contribution is -2.33. The molecule has 1 aliphatic carbocycles. The van der Waals surface area contributed by atoms with Crippen LogP contribution in [0.15, 0.2) is 35.4 Å². The first-order valence-corrected chi connectivity index (χ1v) is 10.5. The molecule has 2 aromatic heterocycles. The van der Waals surface area contributed by atoms with Crippen molar-refractivity contribution in [2.24, 2.45) is 11.8 Å². The topological polar surface area (TPSA) is 115 Å². The number of nitrogen functional groups attached to an aromatic ring is 1. The van der Waals surface area contributed by atoms with Crippen molar-refractivity contribution in [1.29, 1.82) is 0 Å². The molecule has 27 heavy (non-hydrogen) atoms. The van der Waals surface area contributed by atoms with Crippen LogP contribution in [0.4, 0.5) is 5.82 Å². The fraction of sp³-hybridized carbons (Fsp3) is 0.389. The second-order valence-corrected chi connectivity index (χ2v) is 8.98. The first kappa shape index (κ1) is 19.6. The normalized spacial score (nSPS) is 22.6. The van der Waals surface area contributed by atoms with E-state index in [1.165, 1.54) is 30.3 Å². The minimum Gasteiger partial charge on any atom is -0.384 e. The van der Waals surface area contributed by atoms with E-state index < -0.39 is 15.9 Å². The molecule has 7 nitrogen and oxygen atoms in total. The molecule has 0 radical (unpaired) electrons. The largest absolute Gasteiger partial charge is 0.384 e. The van der Waals surface area contributed by atoms with E-state index in [1.54, 1.807) is 0 Å². The summed E-state index contributed by atoms with van der Waals surface area (Å²) >= 11 is 6.06. The number of aromatic nitrogens is 2. The zero-order valence-electron chi connectivity index (χ0n) is 15.0. The van der Waals surface area contributed by atoms with Crippen LogP contribution in [0.25, 0.3) is 0 Å². The molecule has 1 saturated carbocycles. The van der Waals surface area contributed by atoms with Gasteiger partial charge in [-0.3, -0.25) is 4.79 Å². The molecule has 1 amide bonds. The molecule has 0 aliphatic heterocycles. The maximum Gasteiger partial charge on any atom is 0.281 e. The summed E-state index contributed by atoms with van der Waals surface area (Å²) in [5.41, 5.74) is 6.28. The molecule has 2 aromatic rings. The zero-order valence-corrected chi connectivity index (χ0v) is 16.6. The molecule has 9 heteroatoms. The van der Waals surface area contributed by atoms with Gasteiger partial charge in [0.1, 0.15) is 11.0 Å². The Kier molecular flexibility index (Phi) is 5.39. The van der Waals surface area contributed by atoms with Crippen molar-refractivity contribution < 1.29 is 13.2 Å². The average molecular weight is 409 g/mol. The number of carbonyl (C=O) groups excluding carboxylic acids is 1. The van der Waals surface area contributed by atoms with E-state index in [0.717, 1.165) is 12.8 Å². The molecule has 2 heterocycles. The van der Waals surface area contributed by atoms with Crippen molar-refractivity contribution in [2.75, 3.05) is 5.73 Å². The molecule has 0 spiro atoms. The van der Waals surface area contributed by atoms with Gasteiger partial charge in [0.15, 0.2) is 5.03 Å². The minimum absolute atomic E-state index is 0.0395. The molecule has 3 atom stereocenters. The lowest BCUT2D eigenvalue weighted by atomic mass is 9.86. The maximum absolute atomic E-state index is 12.8. The van der Waals surface area contributed by atoms with Crippen LogP contribution < -0.4 is 10.5 Å². The third-order valence-corrected chi connectivity index (χ3v) is 6.44. The highest BCUT2D eigenvalue weighted by Crippen LogP contribution is 2.44. The molecule has 144 valence electrons. The minimum atomic E-state index is -4.16. The number of carbonyl (C=O) groups is 1. The first-order chi connectivity index (χ1) is 12.7. The van der Waals surface area contributed by atoms with Crippen molar-refractivity contribution >= 4 is 33.3 Å². The van der Waals surface area contributed by atoms with Gasteiger partial charge in [-0.2, -0.15) is 8.42 Å². The number of nitrogens with one attached hydrogen (secondary N) is 1. The van der Waals surface area contributed by atoms with E-state index in [4.69, 9.17) is 17.3 Å². The van der Waals surface area contributed by atoms with Gasteiger partial charge >= 0.3 is 0 Å². The molecule has 3 rings (SSSR count). The van der Waals surface area contributed by atoms with Crippen LogP contribution >= 0.6 is 11.6 Å². The fourth-order valence-corrected chi connectivity index (χ4v) is 4.79. The molecular weight excluding hydrogens is 388 g/mol. The Hall–Kier alpha value is -2.19. The SMILES string of the molecule is C[C@@H]1CC[C@H](C)C1c1nc(Cl)ccc1C(=O)NS(=O)(=O)c1cccc(N)n1. The molecule has 3 N–H and O–H groups in total. The predicted octanol–water partition coefficient (Wildman–Crippen LogP) is 2.98. The summed E-state index contributed by atoms with van der Waals surface area (Å²) in [5, 5.41) is -0.0462. The van der Waals surface area contributed by atoms with Crippen molar-refractivity contribution in [2.45, 2.75) is 37.6 Å². The summed E-state index contributed by atoms with van der Waals surface area (Å²) in [4.78, 5) is 20.9. The number of pyridine rings is 2. The number of nitrogens with two attached hydrogens (primary N) is 1. The number of halogens is 1. The van der Waals surface area contributed by atoms with E-state index in [9.17, 15) is 13.2 Å².